The molecular formula is C26H39NO5S. The van der Waals surface area contributed by atoms with Gasteiger partial charge in [-0.3, -0.25) is 9.45 Å². The van der Waals surface area contributed by atoms with Crippen molar-refractivity contribution >= 4 is 10.1 Å². The molecule has 2 aromatic carbocycles. The van der Waals surface area contributed by atoms with Crippen LogP contribution in [0.4, 0.5) is 0 Å². The quantitative estimate of drug-likeness (QED) is 0.319. The van der Waals surface area contributed by atoms with E-state index < -0.39 is 10.1 Å². The number of likely N-dealkylation sites (tertiary alicyclic amines) is 1. The second-order valence-electron chi connectivity index (χ2n) is 8.50. The third-order valence-electron chi connectivity index (χ3n) is 5.45. The van der Waals surface area contributed by atoms with Gasteiger partial charge in [-0.1, -0.05) is 62.9 Å². The summed E-state index contributed by atoms with van der Waals surface area (Å²) in [5.74, 6) is 1.82. The standard InChI is InChI=1S/C25H35NO2.CH4O3S/c1-2-3-4-5-10-19-26-20-11-9-14-25(26)28-24-17-15-23(16-18-24)27-21-22-12-7-6-8-13-22;1-5(2,3)4/h6-8,12-13,15-18,25H,2-5,9-11,14,19-21H2,1H3;1H3,(H,2,3,4). The van der Waals surface area contributed by atoms with Crippen molar-refractivity contribution in [1.82, 2.24) is 4.90 Å². The summed E-state index contributed by atoms with van der Waals surface area (Å²) >= 11 is 0. The average Bonchev–Trinajstić information content (AvgIpc) is 2.79. The topological polar surface area (TPSA) is 76.1 Å². The van der Waals surface area contributed by atoms with Crippen LogP contribution in [-0.4, -0.2) is 43.4 Å². The van der Waals surface area contributed by atoms with Gasteiger partial charge in [0.15, 0.2) is 6.23 Å². The van der Waals surface area contributed by atoms with Gasteiger partial charge in [0.2, 0.25) is 0 Å². The van der Waals surface area contributed by atoms with Gasteiger partial charge < -0.3 is 9.47 Å². The van der Waals surface area contributed by atoms with E-state index in [1.165, 1.54) is 50.5 Å². The molecule has 0 radical (unpaired) electrons. The summed E-state index contributed by atoms with van der Waals surface area (Å²) in [7, 11) is -3.67. The van der Waals surface area contributed by atoms with Crippen LogP contribution in [0.3, 0.4) is 0 Å². The second kappa shape index (κ2) is 14.9. The van der Waals surface area contributed by atoms with E-state index in [1.54, 1.807) is 0 Å². The maximum atomic E-state index is 9.19. The first kappa shape index (κ1) is 27.2. The summed E-state index contributed by atoms with van der Waals surface area (Å²) in [5, 5.41) is 0. The molecule has 33 heavy (non-hydrogen) atoms. The zero-order valence-corrected chi connectivity index (χ0v) is 20.8. The van der Waals surface area contributed by atoms with Gasteiger partial charge in [0.25, 0.3) is 10.1 Å². The molecule has 1 aliphatic heterocycles. The van der Waals surface area contributed by atoms with Crippen LogP contribution >= 0.6 is 0 Å². The van der Waals surface area contributed by atoms with Crippen LogP contribution in [0.2, 0.25) is 0 Å². The molecule has 0 spiro atoms. The maximum absolute atomic E-state index is 9.19. The van der Waals surface area contributed by atoms with Crippen molar-refractivity contribution in [2.24, 2.45) is 0 Å². The van der Waals surface area contributed by atoms with Crippen LogP contribution in [0.1, 0.15) is 63.9 Å². The minimum absolute atomic E-state index is 0.219. The van der Waals surface area contributed by atoms with E-state index in [-0.39, 0.29) is 6.23 Å². The van der Waals surface area contributed by atoms with Gasteiger partial charge in [0.05, 0.1) is 6.26 Å². The fourth-order valence-corrected chi connectivity index (χ4v) is 3.78. The highest BCUT2D eigenvalue weighted by Crippen LogP contribution is 2.24. The first-order valence-corrected chi connectivity index (χ1v) is 13.8. The Morgan fingerprint density at radius 3 is 2.24 bits per heavy atom. The van der Waals surface area contributed by atoms with Crippen molar-refractivity contribution in [1.29, 1.82) is 0 Å². The predicted molar refractivity (Wildman–Crippen MR) is 133 cm³/mol. The van der Waals surface area contributed by atoms with Crippen LogP contribution in [-0.2, 0) is 16.7 Å². The number of rotatable bonds is 11. The minimum Gasteiger partial charge on any atom is -0.489 e. The summed E-state index contributed by atoms with van der Waals surface area (Å²) in [6.45, 7) is 5.19. The monoisotopic (exact) mass is 477 g/mol. The number of unbranched alkanes of at least 4 members (excludes halogenated alkanes) is 4. The Morgan fingerprint density at radius 2 is 1.58 bits per heavy atom. The normalized spacial score (nSPS) is 16.5. The fraction of sp³-hybridized carbons (Fsp3) is 0.538. The second-order valence-corrected chi connectivity index (χ2v) is 9.96. The Labute approximate surface area is 199 Å². The lowest BCUT2D eigenvalue weighted by Crippen LogP contribution is -2.43. The SMILES string of the molecule is CCCCCCCN1CCCCC1Oc1ccc(OCc2ccccc2)cc1.CS(=O)(=O)O. The smallest absolute Gasteiger partial charge is 0.261 e. The van der Waals surface area contributed by atoms with E-state index in [0.29, 0.717) is 12.9 Å². The van der Waals surface area contributed by atoms with Crippen LogP contribution in [0.25, 0.3) is 0 Å². The summed E-state index contributed by atoms with van der Waals surface area (Å²) in [5.41, 5.74) is 1.18. The molecule has 0 aromatic heterocycles. The van der Waals surface area contributed by atoms with Gasteiger partial charge in [-0.05, 0) is 55.5 Å². The third kappa shape index (κ3) is 12.7. The van der Waals surface area contributed by atoms with Gasteiger partial charge in [-0.25, -0.2) is 0 Å². The Hall–Kier alpha value is -2.09. The Kier molecular flexibility index (Phi) is 12.3. The molecule has 0 bridgehead atoms. The van der Waals surface area contributed by atoms with Gasteiger partial charge in [0.1, 0.15) is 18.1 Å². The van der Waals surface area contributed by atoms with Crippen molar-refractivity contribution in [2.75, 3.05) is 19.3 Å². The van der Waals surface area contributed by atoms with Crippen molar-refractivity contribution in [3.63, 3.8) is 0 Å². The lowest BCUT2D eigenvalue weighted by molar-refractivity contribution is -0.00477. The highest BCUT2D eigenvalue weighted by atomic mass is 32.2. The summed E-state index contributed by atoms with van der Waals surface area (Å²) in [6.07, 6.45) is 11.3. The Bertz CT molecular complexity index is 863. The Morgan fingerprint density at radius 1 is 0.939 bits per heavy atom. The molecule has 1 heterocycles. The molecule has 0 aliphatic carbocycles. The molecule has 1 unspecified atom stereocenters. The summed E-state index contributed by atoms with van der Waals surface area (Å²) in [4.78, 5) is 2.54. The lowest BCUT2D eigenvalue weighted by Gasteiger charge is -2.35. The van der Waals surface area contributed by atoms with Gasteiger partial charge in [-0.2, -0.15) is 8.42 Å². The third-order valence-corrected chi connectivity index (χ3v) is 5.45. The number of nitrogens with zero attached hydrogens (tertiary/aromatic N) is 1. The van der Waals surface area contributed by atoms with E-state index in [9.17, 15) is 8.42 Å². The largest absolute Gasteiger partial charge is 0.489 e. The zero-order valence-electron chi connectivity index (χ0n) is 20.0. The van der Waals surface area contributed by atoms with E-state index >= 15 is 0 Å². The number of benzene rings is 2. The van der Waals surface area contributed by atoms with Crippen LogP contribution in [0.15, 0.2) is 54.6 Å². The lowest BCUT2D eigenvalue weighted by atomic mass is 10.1. The first-order valence-electron chi connectivity index (χ1n) is 11.9. The number of hydrogen-bond donors (Lipinski definition) is 1. The van der Waals surface area contributed by atoms with Crippen molar-refractivity contribution in [3.8, 4) is 11.5 Å². The zero-order chi connectivity index (χ0) is 23.9. The molecule has 7 heteroatoms. The molecular weight excluding hydrogens is 438 g/mol. The predicted octanol–water partition coefficient (Wildman–Crippen LogP) is 5.93. The first-order chi connectivity index (χ1) is 15.8. The molecule has 2 aromatic rings. The molecule has 1 N–H and O–H groups in total. The summed E-state index contributed by atoms with van der Waals surface area (Å²) in [6, 6.07) is 18.4. The molecule has 1 fully saturated rings. The van der Waals surface area contributed by atoms with Crippen molar-refractivity contribution in [3.05, 3.63) is 60.2 Å². The van der Waals surface area contributed by atoms with Crippen LogP contribution < -0.4 is 9.47 Å². The van der Waals surface area contributed by atoms with Crippen LogP contribution in [0, 0.1) is 0 Å². The molecule has 1 saturated heterocycles. The van der Waals surface area contributed by atoms with E-state index in [2.05, 4.69) is 24.0 Å². The molecule has 0 amide bonds. The van der Waals surface area contributed by atoms with Crippen molar-refractivity contribution in [2.45, 2.75) is 71.1 Å². The molecule has 6 nitrogen and oxygen atoms in total. The van der Waals surface area contributed by atoms with Crippen molar-refractivity contribution < 1.29 is 22.4 Å². The van der Waals surface area contributed by atoms with Gasteiger partial charge in [-0.15, -0.1) is 0 Å². The molecule has 0 saturated carbocycles. The summed E-state index contributed by atoms with van der Waals surface area (Å²) < 4.78 is 38.1. The van der Waals surface area contributed by atoms with Gasteiger partial charge >= 0.3 is 0 Å². The van der Waals surface area contributed by atoms with Crippen LogP contribution in [0.5, 0.6) is 11.5 Å². The highest BCUT2D eigenvalue weighted by Gasteiger charge is 2.23. The fourth-order valence-electron chi connectivity index (χ4n) is 3.78. The molecule has 1 atom stereocenters. The Balaban J connectivity index is 0.000000696. The molecule has 1 aliphatic rings. The maximum Gasteiger partial charge on any atom is 0.261 e. The number of ether oxygens (including phenoxy) is 2. The van der Waals surface area contributed by atoms with E-state index in [1.807, 2.05) is 42.5 Å². The number of piperidine rings is 1. The molecule has 3 rings (SSSR count). The number of hydrogen-bond acceptors (Lipinski definition) is 5. The average molecular weight is 478 g/mol. The van der Waals surface area contributed by atoms with Gasteiger partial charge in [0, 0.05) is 13.1 Å². The minimum atomic E-state index is -3.67. The van der Waals surface area contributed by atoms with E-state index in [4.69, 9.17) is 14.0 Å². The van der Waals surface area contributed by atoms with E-state index in [0.717, 1.165) is 31.0 Å². The molecule has 184 valence electrons. The highest BCUT2D eigenvalue weighted by molar-refractivity contribution is 7.85.